The highest BCUT2D eigenvalue weighted by atomic mass is 16.3. The van der Waals surface area contributed by atoms with Crippen molar-refractivity contribution in [3.05, 3.63) is 66.1 Å². The summed E-state index contributed by atoms with van der Waals surface area (Å²) in [6.07, 6.45) is 9.26. The number of rotatable bonds is 3. The van der Waals surface area contributed by atoms with Crippen molar-refractivity contribution in [2.45, 2.75) is 25.4 Å². The highest BCUT2D eigenvalue weighted by molar-refractivity contribution is 5.47. The van der Waals surface area contributed by atoms with Gasteiger partial charge in [0.1, 0.15) is 5.60 Å². The average Bonchev–Trinajstić information content (AvgIpc) is 2.89. The molecule has 0 heterocycles. The SMILES string of the molecule is CC(O)(C#CC1=C[CH]C=C1)CCc1ccccc1. The maximum Gasteiger partial charge on any atom is 0.123 e. The predicted octanol–water partition coefficient (Wildman–Crippen LogP) is 3.07. The highest BCUT2D eigenvalue weighted by Gasteiger charge is 2.16. The fourth-order valence-electron chi connectivity index (χ4n) is 1.76. The highest BCUT2D eigenvalue weighted by Crippen LogP contribution is 2.14. The maximum atomic E-state index is 10.2. The Morgan fingerprint density at radius 1 is 1.22 bits per heavy atom. The first kappa shape index (κ1) is 12.7. The Morgan fingerprint density at radius 3 is 2.67 bits per heavy atom. The third kappa shape index (κ3) is 3.91. The van der Waals surface area contributed by atoms with Gasteiger partial charge in [0, 0.05) is 12.0 Å². The van der Waals surface area contributed by atoms with E-state index in [4.69, 9.17) is 0 Å². The third-order valence-electron chi connectivity index (χ3n) is 2.88. The van der Waals surface area contributed by atoms with E-state index in [1.54, 1.807) is 6.92 Å². The summed E-state index contributed by atoms with van der Waals surface area (Å²) >= 11 is 0. The molecule has 18 heavy (non-hydrogen) atoms. The van der Waals surface area contributed by atoms with Gasteiger partial charge in [-0.2, -0.15) is 0 Å². The first-order chi connectivity index (χ1) is 8.66. The summed E-state index contributed by atoms with van der Waals surface area (Å²) in [4.78, 5) is 0. The second kappa shape index (κ2) is 5.71. The van der Waals surface area contributed by atoms with Crippen molar-refractivity contribution >= 4 is 0 Å². The Labute approximate surface area is 109 Å². The molecule has 0 saturated carbocycles. The van der Waals surface area contributed by atoms with Gasteiger partial charge in [0.05, 0.1) is 0 Å². The molecule has 0 fully saturated rings. The van der Waals surface area contributed by atoms with Gasteiger partial charge in [0.15, 0.2) is 0 Å². The van der Waals surface area contributed by atoms with Crippen LogP contribution in [0.3, 0.4) is 0 Å². The Kier molecular flexibility index (Phi) is 4.02. The van der Waals surface area contributed by atoms with Gasteiger partial charge >= 0.3 is 0 Å². The molecule has 1 atom stereocenters. The molecule has 1 unspecified atom stereocenters. The molecule has 0 bridgehead atoms. The zero-order valence-electron chi connectivity index (χ0n) is 10.6. The van der Waals surface area contributed by atoms with Gasteiger partial charge in [-0.25, -0.2) is 0 Å². The zero-order valence-corrected chi connectivity index (χ0v) is 10.6. The summed E-state index contributed by atoms with van der Waals surface area (Å²) in [5.74, 6) is 5.94. The molecule has 1 aromatic rings. The molecule has 0 saturated heterocycles. The molecule has 2 rings (SSSR count). The Morgan fingerprint density at radius 2 is 2.00 bits per heavy atom. The van der Waals surface area contributed by atoms with Gasteiger partial charge in [0.25, 0.3) is 0 Å². The molecule has 1 heteroatoms. The van der Waals surface area contributed by atoms with E-state index in [2.05, 4.69) is 24.0 Å². The van der Waals surface area contributed by atoms with Gasteiger partial charge in [-0.3, -0.25) is 0 Å². The van der Waals surface area contributed by atoms with Crippen LogP contribution < -0.4 is 0 Å². The second-order valence-electron chi connectivity index (χ2n) is 4.68. The Bertz CT molecular complexity index is 510. The molecule has 1 N–H and O–H groups in total. The molecule has 0 aromatic heterocycles. The Hall–Kier alpha value is -1.78. The van der Waals surface area contributed by atoms with E-state index in [1.807, 2.05) is 42.8 Å². The topological polar surface area (TPSA) is 20.2 Å². The predicted molar refractivity (Wildman–Crippen MR) is 74.7 cm³/mol. The smallest absolute Gasteiger partial charge is 0.123 e. The van der Waals surface area contributed by atoms with E-state index in [9.17, 15) is 5.11 Å². The maximum absolute atomic E-state index is 10.2. The number of aliphatic hydroxyl groups is 1. The average molecular weight is 237 g/mol. The largest absolute Gasteiger partial charge is 0.378 e. The quantitative estimate of drug-likeness (QED) is 0.801. The molecule has 0 aliphatic heterocycles. The fourth-order valence-corrected chi connectivity index (χ4v) is 1.76. The van der Waals surface area contributed by atoms with E-state index in [0.29, 0.717) is 6.42 Å². The van der Waals surface area contributed by atoms with E-state index < -0.39 is 5.60 Å². The van der Waals surface area contributed by atoms with E-state index in [1.165, 1.54) is 5.56 Å². The van der Waals surface area contributed by atoms with Crippen molar-refractivity contribution in [2.24, 2.45) is 0 Å². The van der Waals surface area contributed by atoms with Crippen molar-refractivity contribution < 1.29 is 5.11 Å². The van der Waals surface area contributed by atoms with Crippen molar-refractivity contribution in [3.63, 3.8) is 0 Å². The number of aryl methyl sites for hydroxylation is 1. The van der Waals surface area contributed by atoms with Gasteiger partial charge in [-0.05, 0) is 25.3 Å². The van der Waals surface area contributed by atoms with E-state index in [-0.39, 0.29) is 0 Å². The number of benzene rings is 1. The standard InChI is InChI=1S/C17H17O/c1-17(18,14-12-16-9-5-6-10-16)13-11-15-7-3-2-4-8-15/h2-10,18H,11,13H2,1H3. The van der Waals surface area contributed by atoms with Gasteiger partial charge < -0.3 is 5.11 Å². The van der Waals surface area contributed by atoms with E-state index in [0.717, 1.165) is 12.0 Å². The van der Waals surface area contributed by atoms with Gasteiger partial charge in [0.2, 0.25) is 0 Å². The number of hydrogen-bond acceptors (Lipinski definition) is 1. The van der Waals surface area contributed by atoms with Crippen LogP contribution in [0.4, 0.5) is 0 Å². The lowest BCUT2D eigenvalue weighted by Crippen LogP contribution is -2.22. The van der Waals surface area contributed by atoms with Crippen LogP contribution in [0, 0.1) is 18.3 Å². The molecular weight excluding hydrogens is 220 g/mol. The first-order valence-electron chi connectivity index (χ1n) is 6.17. The lowest BCUT2D eigenvalue weighted by atomic mass is 9.97. The molecule has 0 spiro atoms. The van der Waals surface area contributed by atoms with E-state index >= 15 is 0 Å². The lowest BCUT2D eigenvalue weighted by Gasteiger charge is -2.16. The summed E-state index contributed by atoms with van der Waals surface area (Å²) in [6, 6.07) is 10.2. The Balaban J connectivity index is 1.93. The minimum Gasteiger partial charge on any atom is -0.378 e. The van der Waals surface area contributed by atoms with Crippen LogP contribution in [-0.4, -0.2) is 10.7 Å². The first-order valence-corrected chi connectivity index (χ1v) is 6.17. The van der Waals surface area contributed by atoms with Crippen LogP contribution in [0.1, 0.15) is 18.9 Å². The monoisotopic (exact) mass is 237 g/mol. The van der Waals surface area contributed by atoms with Crippen molar-refractivity contribution in [3.8, 4) is 11.8 Å². The molecule has 1 nitrogen and oxygen atoms in total. The van der Waals surface area contributed by atoms with Crippen LogP contribution in [0.5, 0.6) is 0 Å². The summed E-state index contributed by atoms with van der Waals surface area (Å²) in [5, 5.41) is 10.2. The molecule has 1 radical (unpaired) electrons. The minimum absolute atomic E-state index is 0.644. The van der Waals surface area contributed by atoms with Crippen LogP contribution in [0.2, 0.25) is 0 Å². The summed E-state index contributed by atoms with van der Waals surface area (Å²) < 4.78 is 0. The molecule has 1 aliphatic carbocycles. The van der Waals surface area contributed by atoms with Gasteiger partial charge in [-0.15, -0.1) is 0 Å². The van der Waals surface area contributed by atoms with Crippen molar-refractivity contribution in [1.29, 1.82) is 0 Å². The summed E-state index contributed by atoms with van der Waals surface area (Å²) in [6.45, 7) is 1.77. The minimum atomic E-state index is -0.937. The van der Waals surface area contributed by atoms with Crippen molar-refractivity contribution in [1.82, 2.24) is 0 Å². The lowest BCUT2D eigenvalue weighted by molar-refractivity contribution is 0.112. The zero-order chi connectivity index (χ0) is 12.8. The number of allylic oxidation sites excluding steroid dienone is 4. The van der Waals surface area contributed by atoms with Crippen LogP contribution in [-0.2, 0) is 6.42 Å². The molecule has 1 aliphatic rings. The molecule has 91 valence electrons. The van der Waals surface area contributed by atoms with Crippen LogP contribution >= 0.6 is 0 Å². The molecular formula is C17H17O. The van der Waals surface area contributed by atoms with Crippen molar-refractivity contribution in [2.75, 3.05) is 0 Å². The molecule has 1 aromatic carbocycles. The van der Waals surface area contributed by atoms with Crippen LogP contribution in [0.25, 0.3) is 0 Å². The fraction of sp³-hybridized carbons (Fsp3) is 0.235. The second-order valence-corrected chi connectivity index (χ2v) is 4.68. The summed E-state index contributed by atoms with van der Waals surface area (Å²) in [7, 11) is 0. The third-order valence-corrected chi connectivity index (χ3v) is 2.88. The van der Waals surface area contributed by atoms with Crippen LogP contribution in [0.15, 0.2) is 54.1 Å². The normalized spacial score (nSPS) is 16.7. The number of hydrogen-bond donors (Lipinski definition) is 1. The van der Waals surface area contributed by atoms with Gasteiger partial charge in [-0.1, -0.05) is 60.4 Å². The summed E-state index contributed by atoms with van der Waals surface area (Å²) in [5.41, 5.74) is 1.25. The molecule has 0 amide bonds.